The van der Waals surface area contributed by atoms with Crippen molar-refractivity contribution in [1.29, 1.82) is 0 Å². The smallest absolute Gasteiger partial charge is 0.198 e. The fourth-order valence-corrected chi connectivity index (χ4v) is 3.96. The van der Waals surface area contributed by atoms with Crippen molar-refractivity contribution >= 4 is 23.3 Å². The minimum Gasteiger partial charge on any atom is -0.507 e. The molecule has 0 spiro atoms. The molecule has 0 radical (unpaired) electrons. The molecule has 142 valence electrons. The summed E-state index contributed by atoms with van der Waals surface area (Å²) < 4.78 is 10.9. The lowest BCUT2D eigenvalue weighted by Gasteiger charge is -2.21. The quantitative estimate of drug-likeness (QED) is 0.364. The molecule has 0 aliphatic heterocycles. The van der Waals surface area contributed by atoms with Crippen molar-refractivity contribution in [2.75, 3.05) is 19.0 Å². The van der Waals surface area contributed by atoms with Crippen LogP contribution < -0.4 is 0 Å². The second kappa shape index (κ2) is 8.12. The number of aromatic hydroxyl groups is 2. The molecule has 2 aromatic carbocycles. The summed E-state index contributed by atoms with van der Waals surface area (Å²) in [4.78, 5) is 25.8. The van der Waals surface area contributed by atoms with Crippen molar-refractivity contribution in [3.63, 3.8) is 0 Å². The van der Waals surface area contributed by atoms with E-state index in [0.29, 0.717) is 19.0 Å². The third kappa shape index (κ3) is 3.58. The summed E-state index contributed by atoms with van der Waals surface area (Å²) in [6.07, 6.45) is -0.486. The van der Waals surface area contributed by atoms with Gasteiger partial charge in [0.2, 0.25) is 0 Å². The number of rotatable bonds is 7. The van der Waals surface area contributed by atoms with Gasteiger partial charge in [0.15, 0.2) is 17.9 Å². The molecule has 1 aliphatic rings. The fraction of sp³-hybridized carbons (Fsp3) is 0.300. The van der Waals surface area contributed by atoms with Crippen LogP contribution in [0.2, 0.25) is 0 Å². The SMILES string of the molecule is CCOC(CSc1cc(O)c2c(c1O)C(=O)c1ccccc1C2=O)OCC. The van der Waals surface area contributed by atoms with Crippen molar-refractivity contribution in [1.82, 2.24) is 0 Å². The first kappa shape index (κ1) is 19.4. The number of hydrogen-bond acceptors (Lipinski definition) is 7. The lowest BCUT2D eigenvalue weighted by Crippen LogP contribution is -2.22. The van der Waals surface area contributed by atoms with Gasteiger partial charge in [-0.2, -0.15) is 0 Å². The third-order valence-corrected chi connectivity index (χ3v) is 5.26. The monoisotopic (exact) mass is 388 g/mol. The molecule has 0 heterocycles. The van der Waals surface area contributed by atoms with E-state index < -0.39 is 17.9 Å². The molecule has 1 aliphatic carbocycles. The van der Waals surface area contributed by atoms with Gasteiger partial charge in [-0.15, -0.1) is 11.8 Å². The van der Waals surface area contributed by atoms with Gasteiger partial charge in [-0.3, -0.25) is 9.59 Å². The summed E-state index contributed by atoms with van der Waals surface area (Å²) >= 11 is 1.18. The Morgan fingerprint density at radius 2 is 1.52 bits per heavy atom. The highest BCUT2D eigenvalue weighted by Gasteiger charge is 2.35. The number of carbonyl (C=O) groups is 2. The van der Waals surface area contributed by atoms with E-state index in [1.54, 1.807) is 12.1 Å². The lowest BCUT2D eigenvalue weighted by atomic mass is 9.83. The predicted molar refractivity (Wildman–Crippen MR) is 101 cm³/mol. The Morgan fingerprint density at radius 1 is 0.963 bits per heavy atom. The molecule has 2 N–H and O–H groups in total. The third-order valence-electron chi connectivity index (χ3n) is 4.19. The zero-order valence-corrected chi connectivity index (χ0v) is 15.8. The van der Waals surface area contributed by atoms with Gasteiger partial charge in [-0.25, -0.2) is 0 Å². The number of carbonyl (C=O) groups excluding carboxylic acids is 2. The molecule has 0 atom stereocenters. The van der Waals surface area contributed by atoms with E-state index >= 15 is 0 Å². The summed E-state index contributed by atoms with van der Waals surface area (Å²) in [5, 5.41) is 21.0. The van der Waals surface area contributed by atoms with Crippen molar-refractivity contribution < 1.29 is 29.3 Å². The van der Waals surface area contributed by atoms with Gasteiger partial charge in [-0.1, -0.05) is 24.3 Å². The molecular formula is C20H20O6S. The van der Waals surface area contributed by atoms with Gasteiger partial charge in [0.1, 0.15) is 11.5 Å². The maximum atomic E-state index is 12.8. The predicted octanol–water partition coefficient (Wildman–Crippen LogP) is 3.36. The zero-order chi connectivity index (χ0) is 19.6. The van der Waals surface area contributed by atoms with Crippen LogP contribution in [0, 0.1) is 0 Å². The molecule has 0 bridgehead atoms. The van der Waals surface area contributed by atoms with Gasteiger partial charge in [-0.05, 0) is 19.9 Å². The number of phenols is 2. The van der Waals surface area contributed by atoms with E-state index in [1.165, 1.54) is 30.0 Å². The number of hydrogen-bond donors (Lipinski definition) is 2. The number of thioether (sulfide) groups is 1. The molecule has 0 saturated heterocycles. The van der Waals surface area contributed by atoms with Crippen LogP contribution in [0.25, 0.3) is 0 Å². The average Bonchev–Trinajstić information content (AvgIpc) is 2.66. The van der Waals surface area contributed by atoms with Gasteiger partial charge < -0.3 is 19.7 Å². The molecule has 3 rings (SSSR count). The molecule has 7 heteroatoms. The molecule has 27 heavy (non-hydrogen) atoms. The maximum absolute atomic E-state index is 12.8. The molecule has 6 nitrogen and oxygen atoms in total. The average molecular weight is 388 g/mol. The van der Waals surface area contributed by atoms with E-state index in [4.69, 9.17) is 9.47 Å². The standard InChI is InChI=1S/C20H20O6S/c1-3-25-15(26-4-2)10-27-14-9-13(21)16-17(20(14)24)19(23)12-8-6-5-7-11(12)18(16)22/h5-9,15,21,24H,3-4,10H2,1-2H3. The molecule has 0 unspecified atom stereocenters. The van der Waals surface area contributed by atoms with Crippen LogP contribution in [0.4, 0.5) is 0 Å². The minimum absolute atomic E-state index is 0.160. The number of phenolic OH excluding ortho intramolecular Hbond substituents is 2. The second-order valence-corrected chi connectivity index (χ2v) is 6.91. The normalized spacial score (nSPS) is 13.0. The molecular weight excluding hydrogens is 368 g/mol. The summed E-state index contributed by atoms with van der Waals surface area (Å²) in [5.74, 6) is -1.26. The van der Waals surface area contributed by atoms with E-state index in [-0.39, 0.29) is 38.6 Å². The van der Waals surface area contributed by atoms with Crippen LogP contribution in [-0.4, -0.2) is 47.0 Å². The zero-order valence-electron chi connectivity index (χ0n) is 15.0. The highest BCUT2D eigenvalue weighted by molar-refractivity contribution is 7.99. The number of ether oxygens (including phenoxy) is 2. The first-order chi connectivity index (χ1) is 13.0. The second-order valence-electron chi connectivity index (χ2n) is 5.85. The summed E-state index contributed by atoms with van der Waals surface area (Å²) in [7, 11) is 0. The van der Waals surface area contributed by atoms with Crippen LogP contribution in [-0.2, 0) is 9.47 Å². The Balaban J connectivity index is 1.98. The first-order valence-corrected chi connectivity index (χ1v) is 9.61. The van der Waals surface area contributed by atoms with Crippen molar-refractivity contribution in [3.05, 3.63) is 52.6 Å². The van der Waals surface area contributed by atoms with Gasteiger partial charge in [0.25, 0.3) is 0 Å². The molecule has 0 aromatic heterocycles. The topological polar surface area (TPSA) is 93.1 Å². The van der Waals surface area contributed by atoms with Crippen molar-refractivity contribution in [3.8, 4) is 11.5 Å². The first-order valence-electron chi connectivity index (χ1n) is 8.62. The summed E-state index contributed by atoms with van der Waals surface area (Å²) in [6, 6.07) is 7.67. The fourth-order valence-electron chi connectivity index (χ4n) is 3.02. The highest BCUT2D eigenvalue weighted by Crippen LogP contribution is 2.43. The van der Waals surface area contributed by atoms with Crippen LogP contribution in [0.15, 0.2) is 35.2 Å². The Kier molecular flexibility index (Phi) is 5.84. The van der Waals surface area contributed by atoms with E-state index in [0.717, 1.165) is 0 Å². The Morgan fingerprint density at radius 3 is 2.07 bits per heavy atom. The van der Waals surface area contributed by atoms with Gasteiger partial charge in [0, 0.05) is 30.1 Å². The minimum atomic E-state index is -0.486. The maximum Gasteiger partial charge on any atom is 0.198 e. The Hall–Kier alpha value is -2.35. The van der Waals surface area contributed by atoms with E-state index in [2.05, 4.69) is 0 Å². The highest BCUT2D eigenvalue weighted by atomic mass is 32.2. The number of ketones is 2. The summed E-state index contributed by atoms with van der Waals surface area (Å²) in [6.45, 7) is 4.63. The molecule has 0 fully saturated rings. The van der Waals surface area contributed by atoms with Crippen molar-refractivity contribution in [2.24, 2.45) is 0 Å². The largest absolute Gasteiger partial charge is 0.507 e. The van der Waals surface area contributed by atoms with Crippen LogP contribution in [0.5, 0.6) is 11.5 Å². The lowest BCUT2D eigenvalue weighted by molar-refractivity contribution is -0.120. The number of benzene rings is 2. The number of fused-ring (bicyclic) bond motifs is 2. The van der Waals surface area contributed by atoms with Gasteiger partial charge in [0.05, 0.1) is 16.0 Å². The Bertz CT molecular complexity index is 886. The Labute approximate surface area is 161 Å². The molecule has 0 saturated carbocycles. The van der Waals surface area contributed by atoms with E-state index in [1.807, 2.05) is 13.8 Å². The molecule has 2 aromatic rings. The molecule has 0 amide bonds. The summed E-state index contributed by atoms with van der Waals surface area (Å²) in [5.41, 5.74) is 0.114. The van der Waals surface area contributed by atoms with Crippen LogP contribution in [0.1, 0.15) is 45.7 Å². The van der Waals surface area contributed by atoms with E-state index in [9.17, 15) is 19.8 Å². The van der Waals surface area contributed by atoms with Gasteiger partial charge >= 0.3 is 0 Å². The van der Waals surface area contributed by atoms with Crippen LogP contribution in [0.3, 0.4) is 0 Å². The van der Waals surface area contributed by atoms with Crippen molar-refractivity contribution in [2.45, 2.75) is 25.0 Å². The van der Waals surface area contributed by atoms with Crippen LogP contribution >= 0.6 is 11.8 Å².